The molecule has 2 aromatic rings. The largest absolute Gasteiger partial charge is 0.481 e. The Balaban J connectivity index is 1.97. The van der Waals surface area contributed by atoms with Crippen molar-refractivity contribution in [3.05, 3.63) is 53.3 Å². The van der Waals surface area contributed by atoms with E-state index in [1.54, 1.807) is 6.07 Å². The van der Waals surface area contributed by atoms with Crippen molar-refractivity contribution in [1.82, 2.24) is 0 Å². The van der Waals surface area contributed by atoms with Crippen LogP contribution in [0, 0.1) is 19.7 Å². The first-order chi connectivity index (χ1) is 9.95. The van der Waals surface area contributed by atoms with E-state index in [0.29, 0.717) is 17.1 Å². The number of benzene rings is 2. The van der Waals surface area contributed by atoms with Crippen LogP contribution in [-0.4, -0.2) is 12.5 Å². The van der Waals surface area contributed by atoms with Gasteiger partial charge in [0.25, 0.3) is 5.91 Å². The van der Waals surface area contributed by atoms with Gasteiger partial charge in [0.2, 0.25) is 0 Å². The Labute approximate surface area is 122 Å². The Morgan fingerprint density at radius 2 is 1.90 bits per heavy atom. The third kappa shape index (κ3) is 3.95. The molecule has 5 heteroatoms. The molecule has 0 spiro atoms. The average Bonchev–Trinajstić information content (AvgIpc) is 2.40. The van der Waals surface area contributed by atoms with Crippen LogP contribution < -0.4 is 15.8 Å². The van der Waals surface area contributed by atoms with Gasteiger partial charge in [-0.3, -0.25) is 4.79 Å². The minimum absolute atomic E-state index is 0.161. The Hall–Kier alpha value is -2.56. The summed E-state index contributed by atoms with van der Waals surface area (Å²) in [5.74, 6) is -0.178. The topological polar surface area (TPSA) is 64.3 Å². The van der Waals surface area contributed by atoms with E-state index in [4.69, 9.17) is 10.5 Å². The summed E-state index contributed by atoms with van der Waals surface area (Å²) in [6, 6.07) is 9.25. The standard InChI is InChI=1S/C16H17FN2O2/c1-10-7-11(2)16(14(18)8-10)21-9-15(20)19-13-5-3-12(17)4-6-13/h3-8H,9,18H2,1-2H3,(H,19,20). The highest BCUT2D eigenvalue weighted by Crippen LogP contribution is 2.27. The van der Waals surface area contributed by atoms with E-state index in [2.05, 4.69) is 5.32 Å². The number of ether oxygens (including phenoxy) is 1. The molecule has 21 heavy (non-hydrogen) atoms. The van der Waals surface area contributed by atoms with E-state index in [1.165, 1.54) is 24.3 Å². The van der Waals surface area contributed by atoms with E-state index in [-0.39, 0.29) is 18.3 Å². The van der Waals surface area contributed by atoms with Gasteiger partial charge in [0, 0.05) is 5.69 Å². The maximum Gasteiger partial charge on any atom is 0.262 e. The van der Waals surface area contributed by atoms with Gasteiger partial charge in [-0.25, -0.2) is 4.39 Å². The van der Waals surface area contributed by atoms with Crippen LogP contribution in [0.4, 0.5) is 15.8 Å². The van der Waals surface area contributed by atoms with Gasteiger partial charge in [-0.1, -0.05) is 6.07 Å². The number of aryl methyl sites for hydroxylation is 2. The first kappa shape index (κ1) is 14.8. The summed E-state index contributed by atoms with van der Waals surface area (Å²) in [4.78, 5) is 11.8. The zero-order valence-corrected chi connectivity index (χ0v) is 11.9. The van der Waals surface area contributed by atoms with Crippen LogP contribution in [0.5, 0.6) is 5.75 Å². The molecule has 0 bridgehead atoms. The van der Waals surface area contributed by atoms with Gasteiger partial charge in [0.15, 0.2) is 6.61 Å². The monoisotopic (exact) mass is 288 g/mol. The Morgan fingerprint density at radius 1 is 1.24 bits per heavy atom. The van der Waals surface area contributed by atoms with E-state index in [0.717, 1.165) is 11.1 Å². The number of rotatable bonds is 4. The third-order valence-electron chi connectivity index (χ3n) is 2.92. The lowest BCUT2D eigenvalue weighted by Crippen LogP contribution is -2.20. The molecule has 4 nitrogen and oxygen atoms in total. The zero-order chi connectivity index (χ0) is 15.4. The second-order valence-corrected chi connectivity index (χ2v) is 4.84. The van der Waals surface area contributed by atoms with Gasteiger partial charge in [-0.15, -0.1) is 0 Å². The molecule has 0 heterocycles. The third-order valence-corrected chi connectivity index (χ3v) is 2.92. The van der Waals surface area contributed by atoms with Crippen LogP contribution in [0.25, 0.3) is 0 Å². The molecule has 3 N–H and O–H groups in total. The predicted octanol–water partition coefficient (Wildman–Crippen LogP) is 3.04. The highest BCUT2D eigenvalue weighted by molar-refractivity contribution is 5.91. The van der Waals surface area contributed by atoms with Crippen molar-refractivity contribution in [3.8, 4) is 5.75 Å². The number of nitrogens with one attached hydrogen (secondary N) is 1. The summed E-state index contributed by atoms with van der Waals surface area (Å²) in [5.41, 5.74) is 8.81. The molecule has 2 rings (SSSR count). The summed E-state index contributed by atoms with van der Waals surface area (Å²) in [6.07, 6.45) is 0. The van der Waals surface area contributed by atoms with Crippen molar-refractivity contribution in [2.45, 2.75) is 13.8 Å². The summed E-state index contributed by atoms with van der Waals surface area (Å²) in [5, 5.41) is 2.62. The molecule has 0 unspecified atom stereocenters. The fourth-order valence-corrected chi connectivity index (χ4v) is 2.05. The molecule has 1 amide bonds. The van der Waals surface area contributed by atoms with Crippen molar-refractivity contribution in [1.29, 1.82) is 0 Å². The van der Waals surface area contributed by atoms with Gasteiger partial charge in [0.05, 0.1) is 5.69 Å². The zero-order valence-electron chi connectivity index (χ0n) is 11.9. The number of nitrogens with two attached hydrogens (primary N) is 1. The molecule has 0 aliphatic carbocycles. The molecule has 110 valence electrons. The second kappa shape index (κ2) is 6.26. The van der Waals surface area contributed by atoms with Crippen LogP contribution in [0.3, 0.4) is 0 Å². The maximum absolute atomic E-state index is 12.8. The first-order valence-electron chi connectivity index (χ1n) is 6.50. The van der Waals surface area contributed by atoms with Crippen molar-refractivity contribution in [2.24, 2.45) is 0 Å². The van der Waals surface area contributed by atoms with Crippen molar-refractivity contribution in [3.63, 3.8) is 0 Å². The van der Waals surface area contributed by atoms with Gasteiger partial charge < -0.3 is 15.8 Å². The lowest BCUT2D eigenvalue weighted by Gasteiger charge is -2.12. The molecule has 0 aromatic heterocycles. The van der Waals surface area contributed by atoms with E-state index < -0.39 is 0 Å². The van der Waals surface area contributed by atoms with Crippen LogP contribution in [-0.2, 0) is 4.79 Å². The first-order valence-corrected chi connectivity index (χ1v) is 6.50. The molecule has 2 aromatic carbocycles. The molecule has 0 radical (unpaired) electrons. The van der Waals surface area contributed by atoms with Crippen molar-refractivity contribution < 1.29 is 13.9 Å². The van der Waals surface area contributed by atoms with Gasteiger partial charge in [-0.05, 0) is 55.3 Å². The molecule has 0 aliphatic rings. The lowest BCUT2D eigenvalue weighted by molar-refractivity contribution is -0.118. The molecular formula is C16H17FN2O2. The molecule has 0 atom stereocenters. The predicted molar refractivity (Wildman–Crippen MR) is 80.9 cm³/mol. The smallest absolute Gasteiger partial charge is 0.262 e. The highest BCUT2D eigenvalue weighted by atomic mass is 19.1. The second-order valence-electron chi connectivity index (χ2n) is 4.84. The Kier molecular flexibility index (Phi) is 4.42. The molecule has 0 saturated carbocycles. The molecule has 0 aliphatic heterocycles. The normalized spacial score (nSPS) is 10.2. The molecule has 0 saturated heterocycles. The van der Waals surface area contributed by atoms with Gasteiger partial charge in [-0.2, -0.15) is 0 Å². The van der Waals surface area contributed by atoms with Crippen LogP contribution in [0.1, 0.15) is 11.1 Å². The number of carbonyl (C=O) groups is 1. The quantitative estimate of drug-likeness (QED) is 0.850. The minimum Gasteiger partial charge on any atom is -0.481 e. The van der Waals surface area contributed by atoms with Gasteiger partial charge in [0.1, 0.15) is 11.6 Å². The van der Waals surface area contributed by atoms with E-state index in [1.807, 2.05) is 19.9 Å². The fraction of sp³-hybridized carbons (Fsp3) is 0.188. The fourth-order valence-electron chi connectivity index (χ4n) is 2.05. The van der Waals surface area contributed by atoms with Crippen molar-refractivity contribution >= 4 is 17.3 Å². The summed E-state index contributed by atoms with van der Waals surface area (Å²) < 4.78 is 18.2. The number of hydrogen-bond donors (Lipinski definition) is 2. The SMILES string of the molecule is Cc1cc(C)c(OCC(=O)Nc2ccc(F)cc2)c(N)c1. The lowest BCUT2D eigenvalue weighted by atomic mass is 10.1. The van der Waals surface area contributed by atoms with Crippen LogP contribution >= 0.6 is 0 Å². The number of carbonyl (C=O) groups excluding carboxylic acids is 1. The number of anilines is 2. The Morgan fingerprint density at radius 3 is 2.52 bits per heavy atom. The van der Waals surface area contributed by atoms with Gasteiger partial charge >= 0.3 is 0 Å². The van der Waals surface area contributed by atoms with E-state index >= 15 is 0 Å². The number of hydrogen-bond acceptors (Lipinski definition) is 3. The van der Waals surface area contributed by atoms with Crippen molar-refractivity contribution in [2.75, 3.05) is 17.7 Å². The van der Waals surface area contributed by atoms with Crippen LogP contribution in [0.2, 0.25) is 0 Å². The average molecular weight is 288 g/mol. The maximum atomic E-state index is 12.8. The Bertz CT molecular complexity index is 631. The van der Waals surface area contributed by atoms with Crippen LogP contribution in [0.15, 0.2) is 36.4 Å². The minimum atomic E-state index is -0.354. The summed E-state index contributed by atoms with van der Waals surface area (Å²) in [6.45, 7) is 3.65. The summed E-state index contributed by atoms with van der Waals surface area (Å²) in [7, 11) is 0. The number of amides is 1. The highest BCUT2D eigenvalue weighted by Gasteiger charge is 2.09. The number of halogens is 1. The molecule has 0 fully saturated rings. The molecular weight excluding hydrogens is 271 g/mol. The summed E-state index contributed by atoms with van der Waals surface area (Å²) >= 11 is 0. The number of nitrogen functional groups attached to an aromatic ring is 1. The van der Waals surface area contributed by atoms with E-state index in [9.17, 15) is 9.18 Å².